The molecule has 5 nitrogen and oxygen atoms in total. The van der Waals surface area contributed by atoms with Gasteiger partial charge in [0.1, 0.15) is 18.1 Å². The van der Waals surface area contributed by atoms with E-state index in [4.69, 9.17) is 32.7 Å². The van der Waals surface area contributed by atoms with Gasteiger partial charge in [0.15, 0.2) is 6.61 Å². The Morgan fingerprint density at radius 2 is 1.80 bits per heavy atom. The number of ether oxygens (including phenoxy) is 2. The van der Waals surface area contributed by atoms with E-state index in [1.54, 1.807) is 42.5 Å². The van der Waals surface area contributed by atoms with Gasteiger partial charge in [-0.25, -0.2) is 0 Å². The molecule has 0 saturated heterocycles. The summed E-state index contributed by atoms with van der Waals surface area (Å²) in [5.74, 6) is 0.869. The van der Waals surface area contributed by atoms with Crippen molar-refractivity contribution in [2.24, 2.45) is 0 Å². The zero-order valence-corrected chi connectivity index (χ0v) is 15.6. The van der Waals surface area contributed by atoms with Crippen LogP contribution in [0.25, 0.3) is 0 Å². The second-order valence-electron chi connectivity index (χ2n) is 5.59. The highest BCUT2D eigenvalue weighted by molar-refractivity contribution is 6.32. The molecule has 0 unspecified atom stereocenters. The first kappa shape index (κ1) is 19.4. The molecule has 0 heterocycles. The first-order valence-electron chi connectivity index (χ1n) is 7.69. The largest absolute Gasteiger partial charge is 0.491 e. The summed E-state index contributed by atoms with van der Waals surface area (Å²) in [6.45, 7) is 1.21. The van der Waals surface area contributed by atoms with Crippen LogP contribution < -0.4 is 14.8 Å². The minimum absolute atomic E-state index is 0.111. The van der Waals surface area contributed by atoms with Crippen molar-refractivity contribution in [1.82, 2.24) is 4.90 Å². The molecule has 0 spiro atoms. The fourth-order valence-electron chi connectivity index (χ4n) is 1.91. The molecule has 0 aromatic heterocycles. The maximum atomic E-state index is 12.0. The maximum Gasteiger partial charge on any atom is 0.262 e. The van der Waals surface area contributed by atoms with Crippen LogP contribution >= 0.6 is 23.2 Å². The average molecular weight is 383 g/mol. The topological polar surface area (TPSA) is 50.8 Å². The molecule has 0 aliphatic heterocycles. The molecule has 2 rings (SSSR count). The van der Waals surface area contributed by atoms with E-state index in [1.807, 2.05) is 19.0 Å². The van der Waals surface area contributed by atoms with Crippen LogP contribution in [0.3, 0.4) is 0 Å². The van der Waals surface area contributed by atoms with Crippen molar-refractivity contribution in [3.63, 3.8) is 0 Å². The number of nitrogens with one attached hydrogen (secondary N) is 1. The third kappa shape index (κ3) is 6.82. The molecule has 134 valence electrons. The van der Waals surface area contributed by atoms with Crippen LogP contribution in [0.4, 0.5) is 5.69 Å². The smallest absolute Gasteiger partial charge is 0.262 e. The van der Waals surface area contributed by atoms with Gasteiger partial charge in [-0.1, -0.05) is 23.2 Å². The fourth-order valence-corrected chi connectivity index (χ4v) is 2.27. The lowest BCUT2D eigenvalue weighted by Crippen LogP contribution is -2.20. The van der Waals surface area contributed by atoms with Crippen molar-refractivity contribution in [2.75, 3.05) is 39.2 Å². The van der Waals surface area contributed by atoms with Gasteiger partial charge in [-0.15, -0.1) is 0 Å². The number of nitrogens with zero attached hydrogens (tertiary/aromatic N) is 1. The molecule has 0 fully saturated rings. The first-order chi connectivity index (χ1) is 11.9. The van der Waals surface area contributed by atoms with Crippen LogP contribution in [-0.2, 0) is 4.79 Å². The van der Waals surface area contributed by atoms with Crippen LogP contribution in [0.5, 0.6) is 11.5 Å². The molecule has 0 atom stereocenters. The third-order valence-corrected chi connectivity index (χ3v) is 3.74. The number of amides is 1. The molecule has 0 saturated carbocycles. The van der Waals surface area contributed by atoms with Gasteiger partial charge in [-0.3, -0.25) is 4.79 Å². The number of halogens is 2. The summed E-state index contributed by atoms with van der Waals surface area (Å²) < 4.78 is 11.0. The van der Waals surface area contributed by atoms with Crippen molar-refractivity contribution in [3.05, 3.63) is 52.5 Å². The number of hydrogen-bond acceptors (Lipinski definition) is 4. The van der Waals surface area contributed by atoms with Gasteiger partial charge in [-0.05, 0) is 56.6 Å². The fraction of sp³-hybridized carbons (Fsp3) is 0.278. The Labute approximate surface area is 157 Å². The van der Waals surface area contributed by atoms with E-state index in [0.717, 1.165) is 6.54 Å². The van der Waals surface area contributed by atoms with Crippen LogP contribution in [0, 0.1) is 0 Å². The van der Waals surface area contributed by atoms with E-state index in [1.165, 1.54) is 0 Å². The lowest BCUT2D eigenvalue weighted by Gasteiger charge is -2.13. The monoisotopic (exact) mass is 382 g/mol. The predicted molar refractivity (Wildman–Crippen MR) is 101 cm³/mol. The van der Waals surface area contributed by atoms with Crippen LogP contribution in [0.2, 0.25) is 10.0 Å². The van der Waals surface area contributed by atoms with E-state index in [2.05, 4.69) is 5.32 Å². The van der Waals surface area contributed by atoms with E-state index in [0.29, 0.717) is 33.8 Å². The Morgan fingerprint density at radius 3 is 2.44 bits per heavy atom. The molecule has 0 aliphatic carbocycles. The molecule has 25 heavy (non-hydrogen) atoms. The summed E-state index contributed by atoms with van der Waals surface area (Å²) in [7, 11) is 3.94. The number of benzene rings is 2. The molecule has 0 radical (unpaired) electrons. The second kappa shape index (κ2) is 9.51. The average Bonchev–Trinajstić information content (AvgIpc) is 2.56. The number of carbonyl (C=O) groups excluding carboxylic acids is 1. The molecular weight excluding hydrogens is 363 g/mol. The predicted octanol–water partition coefficient (Wildman–Crippen LogP) is 3.95. The van der Waals surface area contributed by atoms with Crippen LogP contribution in [0.15, 0.2) is 42.5 Å². The molecule has 1 N–H and O–H groups in total. The highest BCUT2D eigenvalue weighted by Gasteiger charge is 2.07. The Balaban J connectivity index is 1.83. The maximum absolute atomic E-state index is 12.0. The zero-order valence-electron chi connectivity index (χ0n) is 14.1. The molecule has 1 amide bonds. The van der Waals surface area contributed by atoms with Gasteiger partial charge in [0.05, 0.1) is 5.02 Å². The van der Waals surface area contributed by atoms with Gasteiger partial charge >= 0.3 is 0 Å². The standard InChI is InChI=1S/C18H20Cl2N2O3/c1-22(2)9-10-24-17-8-5-14(11-16(17)20)21-18(23)12-25-15-6-3-13(19)4-7-15/h3-8,11H,9-10,12H2,1-2H3,(H,21,23). The van der Waals surface area contributed by atoms with E-state index >= 15 is 0 Å². The van der Waals surface area contributed by atoms with E-state index in [9.17, 15) is 4.79 Å². The second-order valence-corrected chi connectivity index (χ2v) is 6.43. The van der Waals surface area contributed by atoms with Gasteiger partial charge in [0, 0.05) is 17.3 Å². The van der Waals surface area contributed by atoms with Gasteiger partial charge in [-0.2, -0.15) is 0 Å². The summed E-state index contributed by atoms with van der Waals surface area (Å²) >= 11 is 12.0. The van der Waals surface area contributed by atoms with Crippen molar-refractivity contribution in [2.45, 2.75) is 0 Å². The number of carbonyl (C=O) groups is 1. The van der Waals surface area contributed by atoms with E-state index < -0.39 is 0 Å². The SMILES string of the molecule is CN(C)CCOc1ccc(NC(=O)COc2ccc(Cl)cc2)cc1Cl. The Morgan fingerprint density at radius 1 is 1.08 bits per heavy atom. The Hall–Kier alpha value is -1.95. The highest BCUT2D eigenvalue weighted by atomic mass is 35.5. The summed E-state index contributed by atoms with van der Waals surface area (Å²) in [6, 6.07) is 11.9. The molecule has 0 aliphatic rings. The molecule has 2 aromatic rings. The van der Waals surface area contributed by atoms with Crippen LogP contribution in [-0.4, -0.2) is 44.7 Å². The normalized spacial score (nSPS) is 10.6. The molecule has 2 aromatic carbocycles. The molecule has 7 heteroatoms. The zero-order chi connectivity index (χ0) is 18.2. The lowest BCUT2D eigenvalue weighted by molar-refractivity contribution is -0.118. The van der Waals surface area contributed by atoms with Crippen molar-refractivity contribution < 1.29 is 14.3 Å². The lowest BCUT2D eigenvalue weighted by atomic mass is 10.3. The summed E-state index contributed by atoms with van der Waals surface area (Å²) in [6.07, 6.45) is 0. The summed E-state index contributed by atoms with van der Waals surface area (Å²) in [5, 5.41) is 3.78. The summed E-state index contributed by atoms with van der Waals surface area (Å²) in [4.78, 5) is 14.0. The third-order valence-electron chi connectivity index (χ3n) is 3.20. The Bertz CT molecular complexity index is 706. The number of anilines is 1. The number of rotatable bonds is 8. The Kier molecular flexibility index (Phi) is 7.37. The first-order valence-corrected chi connectivity index (χ1v) is 8.45. The van der Waals surface area contributed by atoms with E-state index in [-0.39, 0.29) is 12.5 Å². The minimum Gasteiger partial charge on any atom is -0.491 e. The van der Waals surface area contributed by atoms with Gasteiger partial charge in [0.25, 0.3) is 5.91 Å². The number of likely N-dealkylation sites (N-methyl/N-ethyl adjacent to an activating group) is 1. The minimum atomic E-state index is -0.285. The van der Waals surface area contributed by atoms with Crippen LogP contribution in [0.1, 0.15) is 0 Å². The van der Waals surface area contributed by atoms with Crippen molar-refractivity contribution >= 4 is 34.8 Å². The molecule has 0 bridgehead atoms. The number of hydrogen-bond donors (Lipinski definition) is 1. The highest BCUT2D eigenvalue weighted by Crippen LogP contribution is 2.27. The van der Waals surface area contributed by atoms with Crippen molar-refractivity contribution in [3.8, 4) is 11.5 Å². The molecular formula is C18H20Cl2N2O3. The van der Waals surface area contributed by atoms with Crippen molar-refractivity contribution in [1.29, 1.82) is 0 Å². The van der Waals surface area contributed by atoms with Gasteiger partial charge < -0.3 is 19.7 Å². The summed E-state index contributed by atoms with van der Waals surface area (Å²) in [5.41, 5.74) is 0.578. The van der Waals surface area contributed by atoms with Gasteiger partial charge in [0.2, 0.25) is 0 Å². The quantitative estimate of drug-likeness (QED) is 0.750.